The number of ether oxygens (including phenoxy) is 2. The second-order valence-electron chi connectivity index (χ2n) is 6.56. The number of rotatable bonds is 4. The molecule has 6 heteroatoms. The summed E-state index contributed by atoms with van der Waals surface area (Å²) in [5.41, 5.74) is 1.75. The zero-order chi connectivity index (χ0) is 20.5. The maximum absolute atomic E-state index is 14.1. The normalized spacial score (nSPS) is 14.1. The highest BCUT2D eigenvalue weighted by Crippen LogP contribution is 2.40. The third-order valence-electron chi connectivity index (χ3n) is 4.60. The Balaban J connectivity index is 1.61. The molecule has 0 bridgehead atoms. The van der Waals surface area contributed by atoms with Gasteiger partial charge in [0.2, 0.25) is 5.78 Å². The minimum atomic E-state index is -0.548. The summed E-state index contributed by atoms with van der Waals surface area (Å²) in [6.45, 7) is 1.92. The van der Waals surface area contributed by atoms with Crippen LogP contribution in [0.15, 0.2) is 60.4 Å². The number of hydrogen-bond acceptors (Lipinski definition) is 3. The Morgan fingerprint density at radius 1 is 1.10 bits per heavy atom. The van der Waals surface area contributed by atoms with Crippen LogP contribution in [0.1, 0.15) is 27.0 Å². The van der Waals surface area contributed by atoms with Crippen molar-refractivity contribution in [2.24, 2.45) is 0 Å². The van der Waals surface area contributed by atoms with E-state index in [1.165, 1.54) is 36.4 Å². The van der Waals surface area contributed by atoms with Gasteiger partial charge in [0, 0.05) is 11.1 Å². The van der Waals surface area contributed by atoms with E-state index in [1.807, 2.05) is 0 Å². The first kappa shape index (κ1) is 19.2. The topological polar surface area (TPSA) is 35.5 Å². The van der Waals surface area contributed by atoms with E-state index in [-0.39, 0.29) is 34.6 Å². The molecule has 3 aromatic rings. The fourth-order valence-corrected chi connectivity index (χ4v) is 3.31. The Morgan fingerprint density at radius 2 is 1.90 bits per heavy atom. The first-order valence-corrected chi connectivity index (χ1v) is 9.21. The third-order valence-corrected chi connectivity index (χ3v) is 4.92. The number of benzene rings is 3. The smallest absolute Gasteiger partial charge is 0.231 e. The van der Waals surface area contributed by atoms with Crippen LogP contribution in [0.3, 0.4) is 0 Å². The molecule has 0 spiro atoms. The second-order valence-corrected chi connectivity index (χ2v) is 6.97. The summed E-state index contributed by atoms with van der Waals surface area (Å²) in [4.78, 5) is 12.7. The fraction of sp³-hybridized carbons (Fsp3) is 0.0870. The maximum Gasteiger partial charge on any atom is 0.231 e. The number of halogens is 3. The van der Waals surface area contributed by atoms with Crippen molar-refractivity contribution in [1.29, 1.82) is 0 Å². The van der Waals surface area contributed by atoms with E-state index in [2.05, 4.69) is 0 Å². The predicted octanol–water partition coefficient (Wildman–Crippen LogP) is 6.12. The first-order chi connectivity index (χ1) is 13.9. The molecule has 1 aliphatic heterocycles. The molecule has 0 atom stereocenters. The van der Waals surface area contributed by atoms with Crippen molar-refractivity contribution >= 4 is 23.5 Å². The van der Waals surface area contributed by atoms with Gasteiger partial charge in [-0.3, -0.25) is 4.79 Å². The predicted molar refractivity (Wildman–Crippen MR) is 106 cm³/mol. The number of carbonyl (C=O) groups is 1. The summed E-state index contributed by atoms with van der Waals surface area (Å²) in [5, 5.41) is 0.181. The van der Waals surface area contributed by atoms with E-state index in [4.69, 9.17) is 21.1 Å². The molecular formula is C23H15ClF2O3. The number of allylic oxidation sites excluding steroid dienone is 1. The van der Waals surface area contributed by atoms with Gasteiger partial charge >= 0.3 is 0 Å². The third kappa shape index (κ3) is 3.74. The molecule has 0 unspecified atom stereocenters. The molecular weight excluding hydrogens is 398 g/mol. The minimum absolute atomic E-state index is 0.0163. The Labute approximate surface area is 171 Å². The highest BCUT2D eigenvalue weighted by Gasteiger charge is 2.30. The summed E-state index contributed by atoms with van der Waals surface area (Å²) in [7, 11) is 0. The van der Waals surface area contributed by atoms with E-state index in [1.54, 1.807) is 31.2 Å². The summed E-state index contributed by atoms with van der Waals surface area (Å²) < 4.78 is 38.9. The van der Waals surface area contributed by atoms with Gasteiger partial charge in [0.05, 0.1) is 10.6 Å². The molecule has 0 radical (unpaired) electrons. The summed E-state index contributed by atoms with van der Waals surface area (Å²) in [6, 6.07) is 13.6. The lowest BCUT2D eigenvalue weighted by molar-refractivity contribution is 0.101. The van der Waals surface area contributed by atoms with Gasteiger partial charge in [0.15, 0.2) is 5.76 Å². The van der Waals surface area contributed by atoms with Gasteiger partial charge in [0.1, 0.15) is 29.7 Å². The van der Waals surface area contributed by atoms with Crippen molar-refractivity contribution in [1.82, 2.24) is 0 Å². The van der Waals surface area contributed by atoms with Crippen molar-refractivity contribution in [3.63, 3.8) is 0 Å². The zero-order valence-corrected chi connectivity index (χ0v) is 16.1. The van der Waals surface area contributed by atoms with E-state index >= 15 is 0 Å². The van der Waals surface area contributed by atoms with Crippen LogP contribution in [0.25, 0.3) is 6.08 Å². The molecule has 0 amide bonds. The van der Waals surface area contributed by atoms with Crippen LogP contribution >= 0.6 is 11.6 Å². The molecule has 146 valence electrons. The van der Waals surface area contributed by atoms with Gasteiger partial charge < -0.3 is 9.47 Å². The molecule has 29 heavy (non-hydrogen) atoms. The zero-order valence-electron chi connectivity index (χ0n) is 15.3. The quantitative estimate of drug-likeness (QED) is 0.484. The van der Waals surface area contributed by atoms with Crippen molar-refractivity contribution < 1.29 is 23.0 Å². The molecule has 4 rings (SSSR count). The minimum Gasteiger partial charge on any atom is -0.488 e. The van der Waals surface area contributed by atoms with Crippen LogP contribution in [0.4, 0.5) is 8.78 Å². The van der Waals surface area contributed by atoms with Crippen molar-refractivity contribution in [3.05, 3.63) is 99.3 Å². The molecule has 0 saturated carbocycles. The van der Waals surface area contributed by atoms with E-state index in [0.29, 0.717) is 28.2 Å². The average Bonchev–Trinajstić information content (AvgIpc) is 3.01. The number of Topliss-reactive ketones (excluding diaryl/α,β-unsaturated/α-hetero) is 1. The Bertz CT molecular complexity index is 1130. The van der Waals surface area contributed by atoms with Crippen molar-refractivity contribution in [2.45, 2.75) is 13.5 Å². The second kappa shape index (κ2) is 7.68. The van der Waals surface area contributed by atoms with Crippen LogP contribution in [0.2, 0.25) is 5.02 Å². The van der Waals surface area contributed by atoms with Gasteiger partial charge in [-0.05, 0) is 55.0 Å². The molecule has 3 nitrogen and oxygen atoms in total. The van der Waals surface area contributed by atoms with Gasteiger partial charge in [-0.2, -0.15) is 0 Å². The summed E-state index contributed by atoms with van der Waals surface area (Å²) in [5.74, 6) is -0.409. The van der Waals surface area contributed by atoms with Gasteiger partial charge in [-0.15, -0.1) is 0 Å². The maximum atomic E-state index is 14.1. The molecule has 0 saturated heterocycles. The average molecular weight is 413 g/mol. The van der Waals surface area contributed by atoms with Crippen LogP contribution in [0, 0.1) is 18.6 Å². The number of ketones is 1. The van der Waals surface area contributed by atoms with Gasteiger partial charge in [0.25, 0.3) is 0 Å². The number of fused-ring (bicyclic) bond motifs is 1. The van der Waals surface area contributed by atoms with E-state index in [9.17, 15) is 13.6 Å². The van der Waals surface area contributed by atoms with E-state index < -0.39 is 5.82 Å². The van der Waals surface area contributed by atoms with Gasteiger partial charge in [-0.25, -0.2) is 8.78 Å². The van der Waals surface area contributed by atoms with Gasteiger partial charge in [-0.1, -0.05) is 29.8 Å². The molecule has 0 aromatic heterocycles. The molecule has 0 aliphatic carbocycles. The van der Waals surface area contributed by atoms with Crippen molar-refractivity contribution in [3.8, 4) is 11.5 Å². The summed E-state index contributed by atoms with van der Waals surface area (Å²) in [6.07, 6.45) is 1.30. The SMILES string of the molecule is Cc1c(OCc2cccc(F)c2)ccc2c1O/C(=C\c1c(F)cccc1Cl)C2=O. The Hall–Kier alpha value is -3.18. The molecule has 1 aliphatic rings. The van der Waals surface area contributed by atoms with Crippen molar-refractivity contribution in [2.75, 3.05) is 0 Å². The summed E-state index contributed by atoms with van der Waals surface area (Å²) >= 11 is 6.04. The Kier molecular flexibility index (Phi) is 5.07. The number of hydrogen-bond donors (Lipinski definition) is 0. The lowest BCUT2D eigenvalue weighted by Crippen LogP contribution is -1.99. The largest absolute Gasteiger partial charge is 0.488 e. The highest BCUT2D eigenvalue weighted by molar-refractivity contribution is 6.32. The van der Waals surface area contributed by atoms with E-state index in [0.717, 1.165) is 0 Å². The number of carbonyl (C=O) groups excluding carboxylic acids is 1. The van der Waals surface area contributed by atoms with Crippen LogP contribution in [0.5, 0.6) is 11.5 Å². The monoisotopic (exact) mass is 412 g/mol. The van der Waals surface area contributed by atoms with Crippen LogP contribution in [-0.4, -0.2) is 5.78 Å². The molecule has 0 N–H and O–H groups in total. The fourth-order valence-electron chi connectivity index (χ4n) is 3.09. The first-order valence-electron chi connectivity index (χ1n) is 8.83. The highest BCUT2D eigenvalue weighted by atomic mass is 35.5. The standard InChI is InChI=1S/C23H15ClF2O3/c1-13-20(28-12-14-4-2-5-15(25)10-14)9-8-16-22(27)21(29-23(13)16)11-17-18(24)6-3-7-19(17)26/h2-11H,12H2,1H3/b21-11-. The Morgan fingerprint density at radius 3 is 2.66 bits per heavy atom. The van der Waals surface area contributed by atoms with Crippen LogP contribution < -0.4 is 9.47 Å². The molecule has 3 aromatic carbocycles. The molecule has 0 fully saturated rings. The van der Waals surface area contributed by atoms with Crippen LogP contribution in [-0.2, 0) is 6.61 Å². The lowest BCUT2D eigenvalue weighted by Gasteiger charge is -2.11. The lowest BCUT2D eigenvalue weighted by atomic mass is 10.1. The molecule has 1 heterocycles.